The van der Waals surface area contributed by atoms with E-state index < -0.39 is 11.9 Å². The van der Waals surface area contributed by atoms with Gasteiger partial charge in [-0.25, -0.2) is 14.5 Å². The summed E-state index contributed by atoms with van der Waals surface area (Å²) in [4.78, 5) is 28.2. The van der Waals surface area contributed by atoms with E-state index in [1.165, 1.54) is 0 Å². The number of anilines is 2. The van der Waals surface area contributed by atoms with Gasteiger partial charge in [0, 0.05) is 36.6 Å². The Labute approximate surface area is 193 Å². The second-order valence-corrected chi connectivity index (χ2v) is 8.18. The van der Waals surface area contributed by atoms with Crippen LogP contribution in [0, 0.1) is 0 Å². The van der Waals surface area contributed by atoms with Crippen LogP contribution in [0.2, 0.25) is 0 Å². The average Bonchev–Trinajstić information content (AvgIpc) is 3.20. The largest absolute Gasteiger partial charge is 0.367 e. The number of nitrogens with zero attached hydrogens (tertiary/aromatic N) is 5. The standard InChI is InChI=1S/C23H21N9O2/c33-22-17(28-23(34)30-22)10-15-13-26-32-20(27-16-6-7-16)11-19(29-21(15)32)24-12-14-4-1-2-5-18(14)31-9-3-8-25-31/h1-5,8-11,13,16,27H,6-7,12H2,(H,24,29)(H2,28,30,33,34)/b17-10-. The van der Waals surface area contributed by atoms with Crippen LogP contribution in [0.4, 0.5) is 16.4 Å². The van der Waals surface area contributed by atoms with E-state index in [0.29, 0.717) is 29.6 Å². The highest BCUT2D eigenvalue weighted by atomic mass is 16.2. The van der Waals surface area contributed by atoms with E-state index in [0.717, 1.165) is 29.9 Å². The summed E-state index contributed by atoms with van der Waals surface area (Å²) in [5.74, 6) is 0.982. The van der Waals surface area contributed by atoms with Gasteiger partial charge in [-0.2, -0.15) is 14.7 Å². The molecule has 0 unspecified atom stereocenters. The van der Waals surface area contributed by atoms with Crippen LogP contribution in [-0.2, 0) is 11.3 Å². The Kier molecular flexibility index (Phi) is 4.72. The van der Waals surface area contributed by atoms with Crippen LogP contribution in [0.5, 0.6) is 0 Å². The van der Waals surface area contributed by atoms with Gasteiger partial charge in [-0.15, -0.1) is 0 Å². The van der Waals surface area contributed by atoms with E-state index in [1.807, 2.05) is 47.3 Å². The van der Waals surface area contributed by atoms with Gasteiger partial charge in [0.15, 0.2) is 5.65 Å². The fourth-order valence-electron chi connectivity index (χ4n) is 3.83. The number of para-hydroxylation sites is 1. The summed E-state index contributed by atoms with van der Waals surface area (Å²) >= 11 is 0. The molecule has 0 spiro atoms. The smallest absolute Gasteiger partial charge is 0.326 e. The van der Waals surface area contributed by atoms with Gasteiger partial charge >= 0.3 is 6.03 Å². The molecule has 0 bridgehead atoms. The molecule has 2 fully saturated rings. The van der Waals surface area contributed by atoms with Crippen molar-refractivity contribution >= 4 is 35.3 Å². The van der Waals surface area contributed by atoms with E-state index in [4.69, 9.17) is 4.98 Å². The molecular weight excluding hydrogens is 434 g/mol. The van der Waals surface area contributed by atoms with Crippen molar-refractivity contribution in [3.05, 3.63) is 71.8 Å². The normalized spacial score (nSPS) is 16.6. The lowest BCUT2D eigenvalue weighted by Crippen LogP contribution is -2.22. The number of hydrogen-bond donors (Lipinski definition) is 4. The molecule has 3 amide bonds. The van der Waals surface area contributed by atoms with E-state index in [1.54, 1.807) is 23.0 Å². The summed E-state index contributed by atoms with van der Waals surface area (Å²) in [5, 5.41) is 20.4. The average molecular weight is 455 g/mol. The molecular formula is C23H21N9O2. The van der Waals surface area contributed by atoms with Crippen molar-refractivity contribution in [1.82, 2.24) is 35.0 Å². The van der Waals surface area contributed by atoms with Gasteiger partial charge in [0.2, 0.25) is 0 Å². The van der Waals surface area contributed by atoms with Crippen molar-refractivity contribution in [3.63, 3.8) is 0 Å². The molecule has 1 aromatic carbocycles. The Balaban J connectivity index is 1.34. The maximum Gasteiger partial charge on any atom is 0.326 e. The number of urea groups is 1. The topological polar surface area (TPSA) is 130 Å². The van der Waals surface area contributed by atoms with Crippen LogP contribution < -0.4 is 21.3 Å². The first-order chi connectivity index (χ1) is 16.6. The van der Waals surface area contributed by atoms with Crippen molar-refractivity contribution < 1.29 is 9.59 Å². The summed E-state index contributed by atoms with van der Waals surface area (Å²) < 4.78 is 3.54. The SMILES string of the molecule is O=C1NC(=O)/C(=C/c2cnn3c(NC4CC4)cc(NCc4ccccc4-n4cccn4)nc23)N1. The molecule has 4 N–H and O–H groups in total. The minimum Gasteiger partial charge on any atom is -0.367 e. The molecule has 0 radical (unpaired) electrons. The Morgan fingerprint density at radius 2 is 2.00 bits per heavy atom. The maximum absolute atomic E-state index is 12.0. The number of aromatic nitrogens is 5. The molecule has 1 aliphatic heterocycles. The van der Waals surface area contributed by atoms with Crippen molar-refractivity contribution in [2.45, 2.75) is 25.4 Å². The molecule has 2 aliphatic rings. The molecule has 1 saturated heterocycles. The fourth-order valence-corrected chi connectivity index (χ4v) is 3.83. The van der Waals surface area contributed by atoms with Gasteiger partial charge in [0.05, 0.1) is 11.9 Å². The molecule has 1 aliphatic carbocycles. The third kappa shape index (κ3) is 3.83. The lowest BCUT2D eigenvalue weighted by Gasteiger charge is -2.13. The first kappa shape index (κ1) is 20.0. The molecule has 34 heavy (non-hydrogen) atoms. The number of rotatable bonds is 7. The number of imide groups is 1. The third-order valence-electron chi connectivity index (χ3n) is 5.65. The van der Waals surface area contributed by atoms with Gasteiger partial charge in [0.1, 0.15) is 17.3 Å². The highest BCUT2D eigenvalue weighted by Gasteiger charge is 2.25. The number of carbonyl (C=O) groups is 2. The first-order valence-electron chi connectivity index (χ1n) is 11.0. The maximum atomic E-state index is 12.0. The molecule has 170 valence electrons. The van der Waals surface area contributed by atoms with Crippen molar-refractivity contribution in [3.8, 4) is 5.69 Å². The van der Waals surface area contributed by atoms with E-state index in [2.05, 4.69) is 31.5 Å². The molecule has 11 heteroatoms. The Morgan fingerprint density at radius 1 is 1.12 bits per heavy atom. The highest BCUT2D eigenvalue weighted by molar-refractivity contribution is 6.14. The number of fused-ring (bicyclic) bond motifs is 1. The summed E-state index contributed by atoms with van der Waals surface area (Å²) in [6.45, 7) is 0.533. The number of amides is 3. The van der Waals surface area contributed by atoms with E-state index >= 15 is 0 Å². The number of benzene rings is 1. The molecule has 4 aromatic rings. The minimum atomic E-state index is -0.546. The van der Waals surface area contributed by atoms with Crippen LogP contribution in [0.15, 0.2) is 60.7 Å². The molecule has 3 aromatic heterocycles. The molecule has 4 heterocycles. The Morgan fingerprint density at radius 3 is 2.76 bits per heavy atom. The summed E-state index contributed by atoms with van der Waals surface area (Å²) in [7, 11) is 0. The van der Waals surface area contributed by atoms with Crippen molar-refractivity contribution in [2.75, 3.05) is 10.6 Å². The zero-order valence-electron chi connectivity index (χ0n) is 18.0. The second-order valence-electron chi connectivity index (χ2n) is 8.18. The van der Waals surface area contributed by atoms with Crippen LogP contribution in [-0.4, -0.2) is 42.4 Å². The molecule has 1 saturated carbocycles. The number of nitrogens with one attached hydrogen (secondary N) is 4. The van der Waals surface area contributed by atoms with Crippen LogP contribution in [0.3, 0.4) is 0 Å². The minimum absolute atomic E-state index is 0.157. The number of hydrogen-bond acceptors (Lipinski definition) is 7. The van der Waals surface area contributed by atoms with Crippen LogP contribution in [0.1, 0.15) is 24.0 Å². The zero-order chi connectivity index (χ0) is 23.1. The van der Waals surface area contributed by atoms with Crippen LogP contribution >= 0.6 is 0 Å². The van der Waals surface area contributed by atoms with Crippen molar-refractivity contribution in [2.24, 2.45) is 0 Å². The van der Waals surface area contributed by atoms with Crippen molar-refractivity contribution in [1.29, 1.82) is 0 Å². The molecule has 0 atom stereocenters. The zero-order valence-corrected chi connectivity index (χ0v) is 18.0. The first-order valence-corrected chi connectivity index (χ1v) is 11.0. The summed E-state index contributed by atoms with van der Waals surface area (Å²) in [6.07, 6.45) is 9.07. The summed E-state index contributed by atoms with van der Waals surface area (Å²) in [5.41, 5.74) is 3.38. The van der Waals surface area contributed by atoms with E-state index in [9.17, 15) is 9.59 Å². The predicted octanol–water partition coefficient (Wildman–Crippen LogP) is 2.28. The summed E-state index contributed by atoms with van der Waals surface area (Å²) in [6, 6.07) is 11.7. The monoisotopic (exact) mass is 455 g/mol. The lowest BCUT2D eigenvalue weighted by molar-refractivity contribution is -0.115. The van der Waals surface area contributed by atoms with Gasteiger partial charge in [0.25, 0.3) is 5.91 Å². The molecule has 11 nitrogen and oxygen atoms in total. The van der Waals surface area contributed by atoms with Gasteiger partial charge in [-0.05, 0) is 36.6 Å². The Hall–Kier alpha value is -4.67. The quantitative estimate of drug-likeness (QED) is 0.248. The van der Waals surface area contributed by atoms with Gasteiger partial charge in [-0.1, -0.05) is 18.2 Å². The fraction of sp³-hybridized carbons (Fsp3) is 0.174. The highest BCUT2D eigenvalue weighted by Crippen LogP contribution is 2.28. The van der Waals surface area contributed by atoms with Gasteiger partial charge < -0.3 is 16.0 Å². The lowest BCUT2D eigenvalue weighted by atomic mass is 10.2. The van der Waals surface area contributed by atoms with Gasteiger partial charge in [-0.3, -0.25) is 10.1 Å². The molecule has 6 rings (SSSR count). The number of carbonyl (C=O) groups excluding carboxylic acids is 2. The Bertz CT molecular complexity index is 1430. The van der Waals surface area contributed by atoms with Crippen LogP contribution in [0.25, 0.3) is 17.4 Å². The van der Waals surface area contributed by atoms with E-state index in [-0.39, 0.29) is 5.70 Å². The second kappa shape index (κ2) is 8.03. The predicted molar refractivity (Wildman–Crippen MR) is 125 cm³/mol. The third-order valence-corrected chi connectivity index (χ3v) is 5.65.